The van der Waals surface area contributed by atoms with Crippen LogP contribution in [0, 0.1) is 0 Å². The largest absolute Gasteiger partial charge is 0.497 e. The molecular weight excluding hydrogens is 350 g/mol. The number of esters is 1. The zero-order chi connectivity index (χ0) is 19.4. The van der Waals surface area contributed by atoms with Crippen LogP contribution in [0.15, 0.2) is 47.1 Å². The molecule has 0 radical (unpaired) electrons. The number of carbonyl (C=O) groups is 1. The van der Waals surface area contributed by atoms with Crippen LogP contribution >= 0.6 is 0 Å². The number of methoxy groups -OCH3 is 4. The van der Waals surface area contributed by atoms with Crippen molar-refractivity contribution in [3.63, 3.8) is 0 Å². The maximum atomic E-state index is 12.2. The first kappa shape index (κ1) is 18.3. The molecule has 0 N–H and O–H groups in total. The third-order valence-electron chi connectivity index (χ3n) is 3.93. The highest BCUT2D eigenvalue weighted by molar-refractivity contribution is 6.13. The standard InChI is InChI=1S/C20H19NO6/c1-23-14-9-13(10-15(11-14)24-2)19-21-16(20(22)27-19)7-12-5-6-17(25-3)18(8-12)26-4/h5-11H,1-4H3/b16-7+. The van der Waals surface area contributed by atoms with Crippen LogP contribution in [0.1, 0.15) is 11.1 Å². The predicted molar refractivity (Wildman–Crippen MR) is 99.7 cm³/mol. The van der Waals surface area contributed by atoms with Gasteiger partial charge >= 0.3 is 5.97 Å². The third-order valence-corrected chi connectivity index (χ3v) is 3.93. The Balaban J connectivity index is 1.96. The Morgan fingerprint density at radius 1 is 0.852 bits per heavy atom. The van der Waals surface area contributed by atoms with Gasteiger partial charge in [0.15, 0.2) is 17.2 Å². The average Bonchev–Trinajstić information content (AvgIpc) is 3.07. The number of nitrogens with zero attached hydrogens (tertiary/aromatic N) is 1. The van der Waals surface area contributed by atoms with E-state index in [2.05, 4.69) is 4.99 Å². The molecular formula is C20H19NO6. The zero-order valence-electron chi connectivity index (χ0n) is 15.4. The van der Waals surface area contributed by atoms with Gasteiger partial charge < -0.3 is 23.7 Å². The number of cyclic esters (lactones) is 1. The van der Waals surface area contributed by atoms with E-state index in [4.69, 9.17) is 23.7 Å². The van der Waals surface area contributed by atoms with Crippen molar-refractivity contribution in [3.05, 3.63) is 53.2 Å². The molecule has 2 aromatic carbocycles. The van der Waals surface area contributed by atoms with Gasteiger partial charge in [0.05, 0.1) is 28.4 Å². The van der Waals surface area contributed by atoms with E-state index in [1.807, 2.05) is 0 Å². The first-order valence-corrected chi connectivity index (χ1v) is 8.06. The third kappa shape index (κ3) is 3.87. The summed E-state index contributed by atoms with van der Waals surface area (Å²) in [6, 6.07) is 10.5. The van der Waals surface area contributed by atoms with Crippen LogP contribution in [0.5, 0.6) is 23.0 Å². The molecule has 0 spiro atoms. The molecule has 0 saturated heterocycles. The SMILES string of the molecule is COc1cc(OC)cc(C2=N/C(=C/c3ccc(OC)c(OC)c3)C(=O)O2)c1. The molecule has 7 heteroatoms. The maximum Gasteiger partial charge on any atom is 0.363 e. The molecule has 0 fully saturated rings. The number of carbonyl (C=O) groups excluding carboxylic acids is 1. The van der Waals surface area contributed by atoms with E-state index < -0.39 is 5.97 Å². The fourth-order valence-electron chi connectivity index (χ4n) is 2.56. The molecule has 140 valence electrons. The van der Waals surface area contributed by atoms with Crippen LogP contribution in [-0.2, 0) is 9.53 Å². The smallest absolute Gasteiger partial charge is 0.363 e. The van der Waals surface area contributed by atoms with Crippen LogP contribution in [0.2, 0.25) is 0 Å². The second-order valence-corrected chi connectivity index (χ2v) is 5.55. The quantitative estimate of drug-likeness (QED) is 0.575. The maximum absolute atomic E-state index is 12.2. The van der Waals surface area contributed by atoms with Crippen molar-refractivity contribution < 1.29 is 28.5 Å². The molecule has 0 bridgehead atoms. The van der Waals surface area contributed by atoms with Gasteiger partial charge in [-0.3, -0.25) is 0 Å². The van der Waals surface area contributed by atoms with Crippen molar-refractivity contribution >= 4 is 17.9 Å². The highest BCUT2D eigenvalue weighted by atomic mass is 16.6. The van der Waals surface area contributed by atoms with Crippen LogP contribution in [0.3, 0.4) is 0 Å². The molecule has 27 heavy (non-hydrogen) atoms. The first-order chi connectivity index (χ1) is 13.1. The lowest BCUT2D eigenvalue weighted by molar-refractivity contribution is -0.129. The van der Waals surface area contributed by atoms with Gasteiger partial charge in [-0.15, -0.1) is 0 Å². The number of benzene rings is 2. The van der Waals surface area contributed by atoms with Gasteiger partial charge in [-0.2, -0.15) is 0 Å². The van der Waals surface area contributed by atoms with Gasteiger partial charge in [0.2, 0.25) is 5.90 Å². The molecule has 1 heterocycles. The number of rotatable bonds is 6. The molecule has 3 rings (SSSR count). The van der Waals surface area contributed by atoms with E-state index in [1.165, 1.54) is 0 Å². The minimum atomic E-state index is -0.540. The predicted octanol–water partition coefficient (Wildman–Crippen LogP) is 3.07. The minimum Gasteiger partial charge on any atom is -0.497 e. The zero-order valence-corrected chi connectivity index (χ0v) is 15.4. The summed E-state index contributed by atoms with van der Waals surface area (Å²) in [4.78, 5) is 16.5. The van der Waals surface area contributed by atoms with Crippen molar-refractivity contribution in [1.82, 2.24) is 0 Å². The van der Waals surface area contributed by atoms with Crippen molar-refractivity contribution in [2.24, 2.45) is 4.99 Å². The van der Waals surface area contributed by atoms with Gasteiger partial charge in [-0.25, -0.2) is 9.79 Å². The monoisotopic (exact) mass is 369 g/mol. The number of hydrogen-bond acceptors (Lipinski definition) is 7. The lowest BCUT2D eigenvalue weighted by Crippen LogP contribution is -2.06. The van der Waals surface area contributed by atoms with Crippen LogP contribution in [0.25, 0.3) is 6.08 Å². The Morgan fingerprint density at radius 2 is 1.52 bits per heavy atom. The number of hydrogen-bond donors (Lipinski definition) is 0. The van der Waals surface area contributed by atoms with E-state index in [-0.39, 0.29) is 11.6 Å². The molecule has 2 aromatic rings. The summed E-state index contributed by atoms with van der Waals surface area (Å²) < 4.78 is 26.3. The van der Waals surface area contributed by atoms with E-state index >= 15 is 0 Å². The van der Waals surface area contributed by atoms with E-state index in [0.717, 1.165) is 5.56 Å². The fourth-order valence-corrected chi connectivity index (χ4v) is 2.56. The van der Waals surface area contributed by atoms with Crippen molar-refractivity contribution in [2.75, 3.05) is 28.4 Å². The average molecular weight is 369 g/mol. The van der Waals surface area contributed by atoms with Crippen molar-refractivity contribution in [1.29, 1.82) is 0 Å². The lowest BCUT2D eigenvalue weighted by Gasteiger charge is -2.07. The van der Waals surface area contributed by atoms with Gasteiger partial charge in [0.1, 0.15) is 11.5 Å². The Morgan fingerprint density at radius 3 is 2.11 bits per heavy atom. The van der Waals surface area contributed by atoms with Gasteiger partial charge in [-0.05, 0) is 35.9 Å². The molecule has 0 aliphatic carbocycles. The van der Waals surface area contributed by atoms with Crippen molar-refractivity contribution in [3.8, 4) is 23.0 Å². The Labute approximate surface area is 156 Å². The van der Waals surface area contributed by atoms with E-state index in [9.17, 15) is 4.79 Å². The normalized spacial score (nSPS) is 14.6. The summed E-state index contributed by atoms with van der Waals surface area (Å²) in [7, 11) is 6.20. The fraction of sp³-hybridized carbons (Fsp3) is 0.200. The molecule has 1 aliphatic heterocycles. The number of ether oxygens (including phenoxy) is 5. The summed E-state index contributed by atoms with van der Waals surface area (Å²) in [6.07, 6.45) is 1.62. The Kier molecular flexibility index (Phi) is 5.30. The van der Waals surface area contributed by atoms with Crippen LogP contribution < -0.4 is 18.9 Å². The highest BCUT2D eigenvalue weighted by Crippen LogP contribution is 2.30. The molecule has 0 unspecified atom stereocenters. The summed E-state index contributed by atoms with van der Waals surface area (Å²) in [6.45, 7) is 0. The molecule has 0 saturated carbocycles. The topological polar surface area (TPSA) is 75.6 Å². The van der Waals surface area contributed by atoms with Gasteiger partial charge in [0.25, 0.3) is 0 Å². The molecule has 0 amide bonds. The number of aliphatic imine (C=N–C) groups is 1. The lowest BCUT2D eigenvalue weighted by atomic mass is 10.1. The molecule has 0 aromatic heterocycles. The van der Waals surface area contributed by atoms with E-state index in [1.54, 1.807) is 70.9 Å². The molecule has 0 atom stereocenters. The minimum absolute atomic E-state index is 0.180. The summed E-state index contributed by atoms with van der Waals surface area (Å²) in [5.41, 5.74) is 1.49. The first-order valence-electron chi connectivity index (χ1n) is 8.06. The highest BCUT2D eigenvalue weighted by Gasteiger charge is 2.25. The van der Waals surface area contributed by atoms with E-state index in [0.29, 0.717) is 28.6 Å². The van der Waals surface area contributed by atoms with Crippen molar-refractivity contribution in [2.45, 2.75) is 0 Å². The molecule has 7 nitrogen and oxygen atoms in total. The Hall–Kier alpha value is -3.48. The second kappa shape index (κ2) is 7.82. The summed E-state index contributed by atoms with van der Waals surface area (Å²) in [5.74, 6) is 1.94. The van der Waals surface area contributed by atoms with Gasteiger partial charge in [0, 0.05) is 11.6 Å². The Bertz CT molecular complexity index is 910. The van der Waals surface area contributed by atoms with Crippen LogP contribution in [0.4, 0.5) is 0 Å². The van der Waals surface area contributed by atoms with Gasteiger partial charge in [-0.1, -0.05) is 6.07 Å². The summed E-state index contributed by atoms with van der Waals surface area (Å²) >= 11 is 0. The van der Waals surface area contributed by atoms with Crippen LogP contribution in [-0.4, -0.2) is 40.3 Å². The summed E-state index contributed by atoms with van der Waals surface area (Å²) in [5, 5.41) is 0. The molecule has 1 aliphatic rings. The second-order valence-electron chi connectivity index (χ2n) is 5.55.